The van der Waals surface area contributed by atoms with Crippen LogP contribution in [0.25, 0.3) is 0 Å². The molecule has 0 saturated heterocycles. The Balaban J connectivity index is 2.20. The molecule has 2 rings (SSSR count). The Morgan fingerprint density at radius 3 is 3.12 bits per heavy atom. The van der Waals surface area contributed by atoms with Crippen LogP contribution in [-0.4, -0.2) is 10.1 Å². The first-order valence-corrected chi connectivity index (χ1v) is 6.63. The van der Waals surface area contributed by atoms with Gasteiger partial charge in [-0.3, -0.25) is 0 Å². The summed E-state index contributed by atoms with van der Waals surface area (Å²) in [5.74, 6) is 0.577. The van der Waals surface area contributed by atoms with Crippen LogP contribution in [0.2, 0.25) is 0 Å². The molecular weight excluding hydrogens is 220 g/mol. The SMILES string of the molecule is CCC1CCC(C#N)(C(O)c2cscn2)C1. The van der Waals surface area contributed by atoms with Crippen LogP contribution in [-0.2, 0) is 0 Å². The molecule has 4 heteroatoms. The average Bonchev–Trinajstić information content (AvgIpc) is 2.98. The van der Waals surface area contributed by atoms with E-state index in [1.807, 2.05) is 5.38 Å². The first-order valence-electron chi connectivity index (χ1n) is 5.69. The summed E-state index contributed by atoms with van der Waals surface area (Å²) in [6.45, 7) is 2.15. The van der Waals surface area contributed by atoms with E-state index in [2.05, 4.69) is 18.0 Å². The Kier molecular flexibility index (Phi) is 3.27. The zero-order valence-corrected chi connectivity index (χ0v) is 10.2. The fourth-order valence-electron chi connectivity index (χ4n) is 2.58. The van der Waals surface area contributed by atoms with Crippen molar-refractivity contribution in [2.75, 3.05) is 0 Å². The molecule has 1 aromatic rings. The summed E-state index contributed by atoms with van der Waals surface area (Å²) >= 11 is 1.46. The lowest BCUT2D eigenvalue weighted by Crippen LogP contribution is -2.24. The molecule has 1 N–H and O–H groups in total. The van der Waals surface area contributed by atoms with Gasteiger partial charge in [0.1, 0.15) is 6.10 Å². The number of nitriles is 1. The van der Waals surface area contributed by atoms with E-state index in [9.17, 15) is 10.4 Å². The lowest BCUT2D eigenvalue weighted by atomic mass is 9.79. The van der Waals surface area contributed by atoms with Crippen LogP contribution in [0.1, 0.15) is 44.4 Å². The van der Waals surface area contributed by atoms with E-state index in [4.69, 9.17) is 0 Å². The second kappa shape index (κ2) is 4.52. The largest absolute Gasteiger partial charge is 0.385 e. The molecule has 1 fully saturated rings. The van der Waals surface area contributed by atoms with E-state index in [0.717, 1.165) is 25.7 Å². The highest BCUT2D eigenvalue weighted by Gasteiger charge is 2.45. The summed E-state index contributed by atoms with van der Waals surface area (Å²) in [7, 11) is 0. The molecule has 3 atom stereocenters. The highest BCUT2D eigenvalue weighted by molar-refractivity contribution is 7.07. The third kappa shape index (κ3) is 1.85. The standard InChI is InChI=1S/C12H16N2OS/c1-2-9-3-4-12(5-9,7-13)11(15)10-6-16-8-14-10/h6,8-9,11,15H,2-5H2,1H3. The van der Waals surface area contributed by atoms with Gasteiger partial charge < -0.3 is 5.11 Å². The molecular formula is C12H16N2OS. The molecule has 86 valence electrons. The molecule has 0 bridgehead atoms. The van der Waals surface area contributed by atoms with Crippen LogP contribution in [0.4, 0.5) is 0 Å². The molecule has 0 amide bonds. The smallest absolute Gasteiger partial charge is 0.115 e. The number of nitrogens with zero attached hydrogens (tertiary/aromatic N) is 2. The number of aliphatic hydroxyl groups is 1. The highest BCUT2D eigenvalue weighted by Crippen LogP contribution is 2.50. The predicted octanol–water partition coefficient (Wildman–Crippen LogP) is 2.90. The average molecular weight is 236 g/mol. The third-order valence-corrected chi connectivity index (χ3v) is 4.31. The summed E-state index contributed by atoms with van der Waals surface area (Å²) in [5.41, 5.74) is 1.76. The summed E-state index contributed by atoms with van der Waals surface area (Å²) in [6, 6.07) is 2.34. The van der Waals surface area contributed by atoms with Gasteiger partial charge in [0.05, 0.1) is 22.7 Å². The molecule has 1 heterocycles. The topological polar surface area (TPSA) is 56.9 Å². The Hall–Kier alpha value is -0.920. The van der Waals surface area contributed by atoms with Crippen LogP contribution in [0, 0.1) is 22.7 Å². The molecule has 3 nitrogen and oxygen atoms in total. The van der Waals surface area contributed by atoms with E-state index in [1.54, 1.807) is 5.51 Å². The van der Waals surface area contributed by atoms with E-state index < -0.39 is 11.5 Å². The summed E-state index contributed by atoms with van der Waals surface area (Å²) < 4.78 is 0. The minimum Gasteiger partial charge on any atom is -0.385 e. The minimum absolute atomic E-state index is 0.577. The molecule has 0 spiro atoms. The first kappa shape index (κ1) is 11.6. The number of rotatable bonds is 3. The van der Waals surface area contributed by atoms with Crippen molar-refractivity contribution in [1.29, 1.82) is 5.26 Å². The fraction of sp³-hybridized carbons (Fsp3) is 0.667. The van der Waals surface area contributed by atoms with Crippen molar-refractivity contribution in [2.45, 2.75) is 38.7 Å². The van der Waals surface area contributed by atoms with Crippen molar-refractivity contribution in [3.05, 3.63) is 16.6 Å². The van der Waals surface area contributed by atoms with Gasteiger partial charge >= 0.3 is 0 Å². The van der Waals surface area contributed by atoms with Gasteiger partial charge in [-0.15, -0.1) is 11.3 Å². The number of aromatic nitrogens is 1. The van der Waals surface area contributed by atoms with Crippen molar-refractivity contribution in [3.8, 4) is 6.07 Å². The first-order chi connectivity index (χ1) is 7.72. The van der Waals surface area contributed by atoms with E-state index in [1.165, 1.54) is 11.3 Å². The molecule has 16 heavy (non-hydrogen) atoms. The number of aliphatic hydroxyl groups excluding tert-OH is 1. The summed E-state index contributed by atoms with van der Waals surface area (Å²) in [5, 5.41) is 21.5. The lowest BCUT2D eigenvalue weighted by Gasteiger charge is -2.26. The van der Waals surface area contributed by atoms with E-state index in [-0.39, 0.29) is 0 Å². The maximum atomic E-state index is 10.3. The zero-order valence-electron chi connectivity index (χ0n) is 9.39. The van der Waals surface area contributed by atoms with Gasteiger partial charge in [-0.05, 0) is 25.2 Å². The van der Waals surface area contributed by atoms with Crippen molar-refractivity contribution >= 4 is 11.3 Å². The van der Waals surface area contributed by atoms with Crippen LogP contribution in [0.15, 0.2) is 10.9 Å². The molecule has 3 unspecified atom stereocenters. The number of hydrogen-bond acceptors (Lipinski definition) is 4. The van der Waals surface area contributed by atoms with Gasteiger partial charge in [-0.1, -0.05) is 13.3 Å². The third-order valence-electron chi connectivity index (χ3n) is 3.71. The lowest BCUT2D eigenvalue weighted by molar-refractivity contribution is 0.0609. The normalized spacial score (nSPS) is 31.2. The Morgan fingerprint density at radius 2 is 2.62 bits per heavy atom. The van der Waals surface area contributed by atoms with Crippen LogP contribution in [0.3, 0.4) is 0 Å². The van der Waals surface area contributed by atoms with Gasteiger partial charge in [0.15, 0.2) is 0 Å². The van der Waals surface area contributed by atoms with E-state index in [0.29, 0.717) is 11.6 Å². The molecule has 1 saturated carbocycles. The maximum Gasteiger partial charge on any atom is 0.115 e. The number of thiazole rings is 1. The van der Waals surface area contributed by atoms with Crippen molar-refractivity contribution < 1.29 is 5.11 Å². The Morgan fingerprint density at radius 1 is 1.81 bits per heavy atom. The molecule has 0 aliphatic heterocycles. The Bertz CT molecular complexity index is 384. The van der Waals surface area contributed by atoms with Gasteiger partial charge in [0.25, 0.3) is 0 Å². The molecule has 1 aliphatic rings. The van der Waals surface area contributed by atoms with Gasteiger partial charge in [-0.2, -0.15) is 5.26 Å². The van der Waals surface area contributed by atoms with Crippen molar-refractivity contribution in [3.63, 3.8) is 0 Å². The summed E-state index contributed by atoms with van der Waals surface area (Å²) in [6.07, 6.45) is 3.01. The fourth-order valence-corrected chi connectivity index (χ4v) is 3.15. The van der Waals surface area contributed by atoms with Crippen LogP contribution >= 0.6 is 11.3 Å². The second-order valence-corrected chi connectivity index (χ2v) is 5.32. The molecule has 1 aromatic heterocycles. The van der Waals surface area contributed by atoms with Crippen molar-refractivity contribution in [2.24, 2.45) is 11.3 Å². The van der Waals surface area contributed by atoms with Crippen LogP contribution < -0.4 is 0 Å². The monoisotopic (exact) mass is 236 g/mol. The molecule has 0 radical (unpaired) electrons. The minimum atomic E-state index is -0.722. The van der Waals surface area contributed by atoms with E-state index >= 15 is 0 Å². The van der Waals surface area contributed by atoms with Crippen LogP contribution in [0.5, 0.6) is 0 Å². The Labute approximate surface area is 99.8 Å². The second-order valence-electron chi connectivity index (χ2n) is 4.60. The molecule has 0 aromatic carbocycles. The maximum absolute atomic E-state index is 10.3. The quantitative estimate of drug-likeness (QED) is 0.878. The number of hydrogen-bond donors (Lipinski definition) is 1. The van der Waals surface area contributed by atoms with Crippen molar-refractivity contribution in [1.82, 2.24) is 4.98 Å². The molecule has 1 aliphatic carbocycles. The van der Waals surface area contributed by atoms with Gasteiger partial charge in [0.2, 0.25) is 0 Å². The summed E-state index contributed by atoms with van der Waals surface area (Å²) in [4.78, 5) is 4.12. The highest BCUT2D eigenvalue weighted by atomic mass is 32.1. The predicted molar refractivity (Wildman–Crippen MR) is 62.8 cm³/mol. The zero-order chi connectivity index (χ0) is 11.6. The van der Waals surface area contributed by atoms with Gasteiger partial charge in [0, 0.05) is 5.38 Å². The van der Waals surface area contributed by atoms with Gasteiger partial charge in [-0.25, -0.2) is 4.98 Å².